The molecule has 0 aromatic rings. The van der Waals surface area contributed by atoms with Crippen molar-refractivity contribution in [3.8, 4) is 0 Å². The lowest BCUT2D eigenvalue weighted by molar-refractivity contribution is -0.153. The molecule has 0 aliphatic carbocycles. The van der Waals surface area contributed by atoms with Crippen molar-refractivity contribution >= 4 is 12.2 Å². The van der Waals surface area contributed by atoms with Crippen LogP contribution in [0.2, 0.25) is 0 Å². The molecule has 0 saturated carbocycles. The normalized spacial score (nSPS) is 18.6. The monoisotopic (exact) mass is 423 g/mol. The number of carbonyl (C=O) groups excluding carboxylic acids is 2. The number of aldehydes is 1. The molecule has 30 heavy (non-hydrogen) atoms. The lowest BCUT2D eigenvalue weighted by Gasteiger charge is -2.59. The molecule has 0 heterocycles. The molecule has 1 amide bonds. The predicted octanol–water partition coefficient (Wildman–Crippen LogP) is 7.27. The zero-order valence-electron chi connectivity index (χ0n) is 22.3. The van der Waals surface area contributed by atoms with Gasteiger partial charge in [-0.05, 0) is 46.3 Å². The fourth-order valence-electron chi connectivity index (χ4n) is 6.28. The van der Waals surface area contributed by atoms with Crippen molar-refractivity contribution in [3.63, 3.8) is 0 Å². The van der Waals surface area contributed by atoms with Gasteiger partial charge in [0.15, 0.2) is 0 Å². The Morgan fingerprint density at radius 1 is 0.900 bits per heavy atom. The molecule has 0 aromatic heterocycles. The van der Waals surface area contributed by atoms with Crippen LogP contribution in [0.4, 0.5) is 0 Å². The minimum atomic E-state index is -0.410. The Hall–Kier alpha value is -0.860. The van der Waals surface area contributed by atoms with Gasteiger partial charge in [-0.3, -0.25) is 4.79 Å². The van der Waals surface area contributed by atoms with Crippen molar-refractivity contribution < 1.29 is 9.59 Å². The van der Waals surface area contributed by atoms with Crippen LogP contribution in [0.15, 0.2) is 0 Å². The van der Waals surface area contributed by atoms with Crippen molar-refractivity contribution in [1.82, 2.24) is 0 Å². The largest absolute Gasteiger partial charge is 0.369 e. The van der Waals surface area contributed by atoms with E-state index in [9.17, 15) is 9.59 Å². The molecule has 4 atom stereocenters. The van der Waals surface area contributed by atoms with Gasteiger partial charge in [0.05, 0.1) is 0 Å². The first-order valence-corrected chi connectivity index (χ1v) is 12.3. The van der Waals surface area contributed by atoms with Gasteiger partial charge in [0.2, 0.25) is 5.91 Å². The number of amides is 1. The van der Waals surface area contributed by atoms with Crippen LogP contribution in [-0.4, -0.2) is 12.2 Å². The lowest BCUT2D eigenvalue weighted by Crippen LogP contribution is -2.57. The Kier molecular flexibility index (Phi) is 10.3. The van der Waals surface area contributed by atoms with E-state index in [1.54, 1.807) is 0 Å². The summed E-state index contributed by atoms with van der Waals surface area (Å²) in [5.41, 5.74) is 4.91. The summed E-state index contributed by atoms with van der Waals surface area (Å²) in [4.78, 5) is 25.3. The van der Waals surface area contributed by atoms with E-state index >= 15 is 0 Å². The highest BCUT2D eigenvalue weighted by molar-refractivity contribution is 5.77. The van der Waals surface area contributed by atoms with Gasteiger partial charge in [-0.2, -0.15) is 0 Å². The summed E-state index contributed by atoms with van der Waals surface area (Å²) in [5.74, 6) is 0.225. The molecular weight excluding hydrogens is 370 g/mol. The van der Waals surface area contributed by atoms with Crippen LogP contribution in [0.3, 0.4) is 0 Å². The summed E-state index contributed by atoms with van der Waals surface area (Å²) < 4.78 is 0. The number of hydrogen-bond donors (Lipinski definition) is 1. The molecule has 0 bridgehead atoms. The summed E-state index contributed by atoms with van der Waals surface area (Å²) in [6.07, 6.45) is 6.41. The third-order valence-corrected chi connectivity index (χ3v) is 9.51. The lowest BCUT2D eigenvalue weighted by atomic mass is 9.44. The average Bonchev–Trinajstić information content (AvgIpc) is 2.62. The van der Waals surface area contributed by atoms with E-state index in [-0.39, 0.29) is 28.6 Å². The van der Waals surface area contributed by atoms with Crippen molar-refractivity contribution in [1.29, 1.82) is 0 Å². The maximum Gasteiger partial charge on any atom is 0.221 e. The van der Waals surface area contributed by atoms with Gasteiger partial charge in [-0.1, -0.05) is 102 Å². The molecule has 0 aliphatic rings. The van der Waals surface area contributed by atoms with Gasteiger partial charge in [0, 0.05) is 11.8 Å². The van der Waals surface area contributed by atoms with Crippen molar-refractivity contribution in [2.45, 2.75) is 115 Å². The molecule has 3 heteroatoms. The Balaban J connectivity index is 6.53. The second-order valence-corrected chi connectivity index (χ2v) is 12.0. The van der Waals surface area contributed by atoms with Crippen LogP contribution >= 0.6 is 0 Å². The summed E-state index contributed by atoms with van der Waals surface area (Å²) in [7, 11) is 0. The molecule has 2 N–H and O–H groups in total. The van der Waals surface area contributed by atoms with E-state index in [0.717, 1.165) is 25.7 Å². The maximum absolute atomic E-state index is 12.8. The summed E-state index contributed by atoms with van der Waals surface area (Å²) >= 11 is 0. The average molecular weight is 424 g/mol. The number of primary amides is 1. The molecule has 4 unspecified atom stereocenters. The predicted molar refractivity (Wildman–Crippen MR) is 130 cm³/mol. The third kappa shape index (κ3) is 5.30. The van der Waals surface area contributed by atoms with Gasteiger partial charge in [0.1, 0.15) is 6.29 Å². The summed E-state index contributed by atoms with van der Waals surface area (Å²) in [6, 6.07) is 0. The minimum absolute atomic E-state index is 0.0248. The number of nitrogens with two attached hydrogens (primary N) is 1. The molecule has 178 valence electrons. The topological polar surface area (TPSA) is 60.2 Å². The van der Waals surface area contributed by atoms with Crippen LogP contribution in [0.5, 0.6) is 0 Å². The van der Waals surface area contributed by atoms with E-state index in [2.05, 4.69) is 83.1 Å². The van der Waals surface area contributed by atoms with Crippen LogP contribution in [0.25, 0.3) is 0 Å². The second-order valence-electron chi connectivity index (χ2n) is 12.0. The Labute approximate surface area is 188 Å². The molecule has 0 fully saturated rings. The zero-order valence-corrected chi connectivity index (χ0v) is 22.3. The first kappa shape index (κ1) is 29.1. The Bertz CT molecular complexity index is 561. The molecular formula is C27H53NO2. The summed E-state index contributed by atoms with van der Waals surface area (Å²) in [6.45, 7) is 26.7. The molecule has 0 saturated heterocycles. The van der Waals surface area contributed by atoms with Crippen LogP contribution in [-0.2, 0) is 9.59 Å². The van der Waals surface area contributed by atoms with Crippen molar-refractivity contribution in [3.05, 3.63) is 0 Å². The Morgan fingerprint density at radius 2 is 1.40 bits per heavy atom. The Morgan fingerprint density at radius 3 is 1.70 bits per heavy atom. The molecule has 3 nitrogen and oxygen atoms in total. The van der Waals surface area contributed by atoms with Gasteiger partial charge in [-0.15, -0.1) is 0 Å². The molecule has 0 spiro atoms. The standard InChI is InChI=1S/C27H53NO2/c1-13-16-20(14-2)27(12,15-3)26(10,11)22(18-29)25(8,9)24(6,7)21(23(28)30)17-19(4)5/h18-22H,13-17H2,1-12H3,(H2,28,30). The van der Waals surface area contributed by atoms with Crippen LogP contribution in [0.1, 0.15) is 115 Å². The maximum atomic E-state index is 12.8. The number of carbonyl (C=O) groups is 2. The first-order valence-electron chi connectivity index (χ1n) is 12.3. The SMILES string of the molecule is CCCC(CC)C(C)(CC)C(C)(C)C(C=O)C(C)(C)C(C)(C)C(CC(C)C)C(N)=O. The number of rotatable bonds is 14. The highest BCUT2D eigenvalue weighted by atomic mass is 16.1. The van der Waals surface area contributed by atoms with E-state index in [0.29, 0.717) is 11.8 Å². The molecule has 0 aliphatic heterocycles. The first-order chi connectivity index (χ1) is 13.5. The molecule has 0 rings (SSSR count). The molecule has 0 radical (unpaired) electrons. The van der Waals surface area contributed by atoms with E-state index in [4.69, 9.17) is 5.73 Å². The fourth-order valence-corrected chi connectivity index (χ4v) is 6.28. The van der Waals surface area contributed by atoms with Gasteiger partial charge >= 0.3 is 0 Å². The third-order valence-electron chi connectivity index (χ3n) is 9.51. The smallest absolute Gasteiger partial charge is 0.221 e. The minimum Gasteiger partial charge on any atom is -0.369 e. The molecule has 0 aromatic carbocycles. The number of hydrogen-bond acceptors (Lipinski definition) is 2. The van der Waals surface area contributed by atoms with Crippen molar-refractivity contribution in [2.24, 2.45) is 51.1 Å². The van der Waals surface area contributed by atoms with E-state index in [1.165, 1.54) is 12.7 Å². The van der Waals surface area contributed by atoms with E-state index < -0.39 is 10.8 Å². The fraction of sp³-hybridized carbons (Fsp3) is 0.926. The van der Waals surface area contributed by atoms with Gasteiger partial charge in [-0.25, -0.2) is 0 Å². The second kappa shape index (κ2) is 10.6. The van der Waals surface area contributed by atoms with Crippen LogP contribution < -0.4 is 5.73 Å². The highest BCUT2D eigenvalue weighted by Crippen LogP contribution is 2.61. The zero-order chi connectivity index (χ0) is 24.1. The van der Waals surface area contributed by atoms with Gasteiger partial charge < -0.3 is 10.5 Å². The summed E-state index contributed by atoms with van der Waals surface area (Å²) in [5, 5.41) is 0. The van der Waals surface area contributed by atoms with Gasteiger partial charge in [0.25, 0.3) is 0 Å². The highest BCUT2D eigenvalue weighted by Gasteiger charge is 2.58. The quantitative estimate of drug-likeness (QED) is 0.299. The van der Waals surface area contributed by atoms with E-state index in [1.807, 2.05) is 0 Å². The van der Waals surface area contributed by atoms with Crippen molar-refractivity contribution in [2.75, 3.05) is 0 Å². The van der Waals surface area contributed by atoms with Crippen LogP contribution in [0, 0.1) is 45.3 Å².